The van der Waals surface area contributed by atoms with Gasteiger partial charge in [-0.3, -0.25) is 4.79 Å². The van der Waals surface area contributed by atoms with E-state index in [4.69, 9.17) is 4.74 Å². The number of carbonyl (C=O) groups is 1. The van der Waals surface area contributed by atoms with Crippen LogP contribution in [0, 0.1) is 11.6 Å². The molecular formula is C20H16F2N4O2S. The molecule has 0 atom stereocenters. The average Bonchev–Trinajstić information content (AvgIpc) is 3.32. The van der Waals surface area contributed by atoms with Crippen LogP contribution in [0.4, 0.5) is 8.78 Å². The molecule has 1 N–H and O–H groups in total. The Kier molecular flexibility index (Phi) is 5.22. The third-order valence-corrected chi connectivity index (χ3v) is 5.21. The predicted molar refractivity (Wildman–Crippen MR) is 105 cm³/mol. The summed E-state index contributed by atoms with van der Waals surface area (Å²) in [7, 11) is 1.61. The standard InChI is InChI=1S/C20H16F2N4O2S/c1-28-15-5-2-12(3-6-15)18-24-20-26(25-18)14(11-29-20)8-9-23-19(27)13-4-7-16(21)17(22)10-13/h2-7,10-11H,8-9H2,1H3,(H,23,27). The second-order valence-corrected chi connectivity index (χ2v) is 7.06. The lowest BCUT2D eigenvalue weighted by atomic mass is 10.2. The van der Waals surface area contributed by atoms with Crippen LogP contribution >= 0.6 is 11.3 Å². The van der Waals surface area contributed by atoms with E-state index in [-0.39, 0.29) is 5.56 Å². The van der Waals surface area contributed by atoms with Gasteiger partial charge in [0.2, 0.25) is 4.96 Å². The first-order valence-electron chi connectivity index (χ1n) is 8.76. The molecule has 0 radical (unpaired) electrons. The smallest absolute Gasteiger partial charge is 0.251 e. The summed E-state index contributed by atoms with van der Waals surface area (Å²) in [4.78, 5) is 17.4. The second-order valence-electron chi connectivity index (χ2n) is 6.22. The number of hydrogen-bond donors (Lipinski definition) is 1. The number of hydrogen-bond acceptors (Lipinski definition) is 5. The van der Waals surface area contributed by atoms with Gasteiger partial charge < -0.3 is 10.1 Å². The van der Waals surface area contributed by atoms with E-state index in [1.54, 1.807) is 11.6 Å². The summed E-state index contributed by atoms with van der Waals surface area (Å²) in [5, 5.41) is 9.18. The van der Waals surface area contributed by atoms with Crippen molar-refractivity contribution in [3.8, 4) is 17.1 Å². The second kappa shape index (κ2) is 7.96. The highest BCUT2D eigenvalue weighted by molar-refractivity contribution is 7.15. The number of aromatic nitrogens is 3. The van der Waals surface area contributed by atoms with Crippen molar-refractivity contribution in [3.05, 3.63) is 70.7 Å². The van der Waals surface area contributed by atoms with Crippen molar-refractivity contribution in [2.75, 3.05) is 13.7 Å². The molecule has 4 rings (SSSR count). The minimum atomic E-state index is -1.05. The van der Waals surface area contributed by atoms with Gasteiger partial charge in [-0.15, -0.1) is 16.4 Å². The van der Waals surface area contributed by atoms with Crippen molar-refractivity contribution in [1.29, 1.82) is 0 Å². The van der Waals surface area contributed by atoms with E-state index >= 15 is 0 Å². The van der Waals surface area contributed by atoms with Gasteiger partial charge in [0.15, 0.2) is 17.5 Å². The number of fused-ring (bicyclic) bond motifs is 1. The molecule has 0 unspecified atom stereocenters. The number of nitrogens with one attached hydrogen (secondary N) is 1. The SMILES string of the molecule is COc1ccc(-c2nc3scc(CCNC(=O)c4ccc(F)c(F)c4)n3n2)cc1. The summed E-state index contributed by atoms with van der Waals surface area (Å²) < 4.78 is 33.2. The molecule has 2 aromatic carbocycles. The Morgan fingerprint density at radius 1 is 1.17 bits per heavy atom. The highest BCUT2D eigenvalue weighted by atomic mass is 32.1. The lowest BCUT2D eigenvalue weighted by molar-refractivity contribution is 0.0953. The van der Waals surface area contributed by atoms with Crippen LogP contribution in [0.1, 0.15) is 16.1 Å². The number of ether oxygens (including phenoxy) is 1. The van der Waals surface area contributed by atoms with Crippen LogP contribution in [-0.2, 0) is 6.42 Å². The monoisotopic (exact) mass is 414 g/mol. The molecule has 0 saturated carbocycles. The first-order valence-corrected chi connectivity index (χ1v) is 9.64. The van der Waals surface area contributed by atoms with Crippen LogP contribution in [0.15, 0.2) is 47.8 Å². The normalized spacial score (nSPS) is 11.0. The number of benzene rings is 2. The van der Waals surface area contributed by atoms with Crippen LogP contribution in [-0.4, -0.2) is 34.2 Å². The Balaban J connectivity index is 1.43. The Bertz CT molecular complexity index is 1170. The number of carbonyl (C=O) groups excluding carboxylic acids is 1. The molecule has 148 valence electrons. The van der Waals surface area contributed by atoms with E-state index in [0.717, 1.165) is 34.1 Å². The molecule has 0 fully saturated rings. The van der Waals surface area contributed by atoms with Crippen molar-refractivity contribution >= 4 is 22.2 Å². The highest BCUT2D eigenvalue weighted by Gasteiger charge is 2.13. The molecule has 2 heterocycles. The largest absolute Gasteiger partial charge is 0.497 e. The zero-order valence-electron chi connectivity index (χ0n) is 15.4. The summed E-state index contributed by atoms with van der Waals surface area (Å²) in [6.45, 7) is 0.321. The molecule has 29 heavy (non-hydrogen) atoms. The van der Waals surface area contributed by atoms with E-state index in [1.807, 2.05) is 29.6 Å². The Morgan fingerprint density at radius 3 is 2.69 bits per heavy atom. The van der Waals surface area contributed by atoms with Crippen LogP contribution in [0.5, 0.6) is 5.75 Å². The molecule has 0 bridgehead atoms. The molecular weight excluding hydrogens is 398 g/mol. The maximum absolute atomic E-state index is 13.3. The number of thiazole rings is 1. The zero-order chi connectivity index (χ0) is 20.4. The molecule has 4 aromatic rings. The van der Waals surface area contributed by atoms with Crippen LogP contribution in [0.3, 0.4) is 0 Å². The highest BCUT2D eigenvalue weighted by Crippen LogP contribution is 2.23. The maximum atomic E-state index is 13.3. The van der Waals surface area contributed by atoms with Crippen molar-refractivity contribution in [3.63, 3.8) is 0 Å². The fourth-order valence-electron chi connectivity index (χ4n) is 2.80. The summed E-state index contributed by atoms with van der Waals surface area (Å²) in [5.41, 5.74) is 1.84. The van der Waals surface area contributed by atoms with Gasteiger partial charge in [-0.25, -0.2) is 13.3 Å². The van der Waals surface area contributed by atoms with Crippen LogP contribution in [0.2, 0.25) is 0 Å². The molecule has 9 heteroatoms. The van der Waals surface area contributed by atoms with Gasteiger partial charge in [0.05, 0.1) is 12.8 Å². The molecule has 0 spiro atoms. The molecule has 0 aliphatic heterocycles. The van der Waals surface area contributed by atoms with E-state index in [1.165, 1.54) is 17.4 Å². The number of methoxy groups -OCH3 is 1. The van der Waals surface area contributed by atoms with E-state index in [9.17, 15) is 13.6 Å². The first kappa shape index (κ1) is 19.0. The molecule has 0 saturated heterocycles. The van der Waals surface area contributed by atoms with Gasteiger partial charge in [0.1, 0.15) is 5.75 Å². The Morgan fingerprint density at radius 2 is 1.97 bits per heavy atom. The minimum Gasteiger partial charge on any atom is -0.497 e. The lowest BCUT2D eigenvalue weighted by Gasteiger charge is -2.05. The minimum absolute atomic E-state index is 0.0712. The molecule has 6 nitrogen and oxygen atoms in total. The average molecular weight is 414 g/mol. The fourth-order valence-corrected chi connectivity index (χ4v) is 3.66. The first-order chi connectivity index (χ1) is 14.0. The Labute approximate surface area is 168 Å². The van der Waals surface area contributed by atoms with Gasteiger partial charge in [-0.05, 0) is 42.5 Å². The maximum Gasteiger partial charge on any atom is 0.251 e. The third kappa shape index (κ3) is 3.95. The molecule has 0 aliphatic rings. The van der Waals surface area contributed by atoms with E-state index < -0.39 is 17.5 Å². The van der Waals surface area contributed by atoms with Crippen molar-refractivity contribution in [2.24, 2.45) is 0 Å². The number of halogens is 2. The number of amides is 1. The lowest BCUT2D eigenvalue weighted by Crippen LogP contribution is -2.26. The number of nitrogens with zero attached hydrogens (tertiary/aromatic N) is 3. The molecule has 2 aromatic heterocycles. The van der Waals surface area contributed by atoms with Crippen molar-refractivity contribution < 1.29 is 18.3 Å². The number of rotatable bonds is 6. The van der Waals surface area contributed by atoms with Crippen LogP contribution < -0.4 is 10.1 Å². The zero-order valence-corrected chi connectivity index (χ0v) is 16.2. The van der Waals surface area contributed by atoms with E-state index in [0.29, 0.717) is 18.8 Å². The summed E-state index contributed by atoms with van der Waals surface area (Å²) in [6, 6.07) is 10.5. The van der Waals surface area contributed by atoms with E-state index in [2.05, 4.69) is 15.4 Å². The molecule has 1 amide bonds. The van der Waals surface area contributed by atoms with Crippen molar-refractivity contribution in [1.82, 2.24) is 19.9 Å². The third-order valence-electron chi connectivity index (χ3n) is 4.35. The fraction of sp³-hybridized carbons (Fsp3) is 0.150. The Hall–Kier alpha value is -3.33. The summed E-state index contributed by atoms with van der Waals surface area (Å²) in [6.07, 6.45) is 0.515. The van der Waals surface area contributed by atoms with Gasteiger partial charge >= 0.3 is 0 Å². The van der Waals surface area contributed by atoms with Gasteiger partial charge in [-0.2, -0.15) is 4.98 Å². The van der Waals surface area contributed by atoms with Gasteiger partial charge in [0.25, 0.3) is 5.91 Å². The van der Waals surface area contributed by atoms with Crippen LogP contribution in [0.25, 0.3) is 16.3 Å². The summed E-state index contributed by atoms with van der Waals surface area (Å²) in [5.74, 6) is -1.14. The van der Waals surface area contributed by atoms with Crippen molar-refractivity contribution in [2.45, 2.75) is 6.42 Å². The molecule has 0 aliphatic carbocycles. The van der Waals surface area contributed by atoms with Gasteiger partial charge in [-0.1, -0.05) is 0 Å². The quantitative estimate of drug-likeness (QED) is 0.522. The predicted octanol–water partition coefficient (Wildman–Crippen LogP) is 3.72. The topological polar surface area (TPSA) is 68.5 Å². The summed E-state index contributed by atoms with van der Waals surface area (Å²) >= 11 is 1.46. The van der Waals surface area contributed by atoms with Gasteiger partial charge in [0, 0.05) is 29.5 Å².